The summed E-state index contributed by atoms with van der Waals surface area (Å²) in [5, 5.41) is 0. The number of carbonyl (C=O) groups is 3. The maximum absolute atomic E-state index is 13.7. The minimum atomic E-state index is -1.06. The molecule has 0 N–H and O–H groups in total. The van der Waals surface area contributed by atoms with E-state index in [1.807, 2.05) is 35.2 Å². The Hall–Kier alpha value is -2.21. The average Bonchev–Trinajstić information content (AvgIpc) is 3.00. The number of likely N-dealkylation sites (tertiary alicyclic amines) is 1. The molecule has 3 aliphatic rings. The molecule has 1 aromatic carbocycles. The van der Waals surface area contributed by atoms with Gasteiger partial charge in [0.1, 0.15) is 0 Å². The van der Waals surface area contributed by atoms with Gasteiger partial charge in [-0.15, -0.1) is 0 Å². The highest BCUT2D eigenvalue weighted by Crippen LogP contribution is 2.41. The SMILES string of the molecule is CN1CCN(C(=O)CC2(c3ccccc3)CC(=O)N(CC3CCCCC3)C2=O)CC1. The van der Waals surface area contributed by atoms with Crippen LogP contribution in [0.4, 0.5) is 0 Å². The molecule has 1 aromatic rings. The Kier molecular flexibility index (Phi) is 6.23. The molecule has 4 rings (SSSR count). The predicted octanol–water partition coefficient (Wildman–Crippen LogP) is 2.43. The zero-order valence-electron chi connectivity index (χ0n) is 18.0. The van der Waals surface area contributed by atoms with Gasteiger partial charge in [0.25, 0.3) is 0 Å². The van der Waals surface area contributed by atoms with Gasteiger partial charge in [-0.25, -0.2) is 0 Å². The van der Waals surface area contributed by atoms with Crippen molar-refractivity contribution in [1.29, 1.82) is 0 Å². The topological polar surface area (TPSA) is 60.9 Å². The minimum absolute atomic E-state index is 0.0207. The molecule has 6 heteroatoms. The fraction of sp³-hybridized carbons (Fsp3) is 0.625. The van der Waals surface area contributed by atoms with E-state index in [4.69, 9.17) is 0 Å². The number of likely N-dealkylation sites (N-methyl/N-ethyl adjacent to an activating group) is 1. The Balaban J connectivity index is 1.57. The maximum atomic E-state index is 13.7. The number of benzene rings is 1. The fourth-order valence-electron chi connectivity index (χ4n) is 5.26. The molecule has 0 aromatic heterocycles. The van der Waals surface area contributed by atoms with Gasteiger partial charge >= 0.3 is 0 Å². The summed E-state index contributed by atoms with van der Waals surface area (Å²) in [6, 6.07) is 9.47. The first-order valence-electron chi connectivity index (χ1n) is 11.4. The van der Waals surface area contributed by atoms with Gasteiger partial charge < -0.3 is 9.80 Å². The van der Waals surface area contributed by atoms with E-state index in [-0.39, 0.29) is 30.6 Å². The molecule has 2 heterocycles. The van der Waals surface area contributed by atoms with Gasteiger partial charge in [-0.05, 0) is 31.4 Å². The fourth-order valence-corrected chi connectivity index (χ4v) is 5.26. The van der Waals surface area contributed by atoms with E-state index in [0.29, 0.717) is 25.6 Å². The number of amides is 3. The van der Waals surface area contributed by atoms with Crippen LogP contribution >= 0.6 is 0 Å². The molecule has 2 aliphatic heterocycles. The molecule has 6 nitrogen and oxygen atoms in total. The van der Waals surface area contributed by atoms with Crippen molar-refractivity contribution >= 4 is 17.7 Å². The number of nitrogens with zero attached hydrogens (tertiary/aromatic N) is 3. The van der Waals surface area contributed by atoms with Gasteiger partial charge in [0.05, 0.1) is 5.41 Å². The maximum Gasteiger partial charge on any atom is 0.240 e. The first-order valence-corrected chi connectivity index (χ1v) is 11.4. The first kappa shape index (κ1) is 21.0. The molecule has 2 saturated heterocycles. The van der Waals surface area contributed by atoms with E-state index in [0.717, 1.165) is 31.5 Å². The number of hydrogen-bond donors (Lipinski definition) is 0. The Morgan fingerprint density at radius 3 is 2.33 bits per heavy atom. The first-order chi connectivity index (χ1) is 14.5. The van der Waals surface area contributed by atoms with Crippen molar-refractivity contribution in [3.05, 3.63) is 35.9 Å². The quantitative estimate of drug-likeness (QED) is 0.699. The lowest BCUT2D eigenvalue weighted by molar-refractivity contribution is -0.143. The van der Waals surface area contributed by atoms with Gasteiger partial charge in [-0.1, -0.05) is 49.6 Å². The van der Waals surface area contributed by atoms with Crippen molar-refractivity contribution in [3.8, 4) is 0 Å². The van der Waals surface area contributed by atoms with E-state index in [1.165, 1.54) is 24.2 Å². The van der Waals surface area contributed by atoms with Crippen LogP contribution in [0.25, 0.3) is 0 Å². The Labute approximate surface area is 179 Å². The molecule has 0 bridgehead atoms. The lowest BCUT2D eigenvalue weighted by Gasteiger charge is -2.35. The average molecular weight is 412 g/mol. The lowest BCUT2D eigenvalue weighted by Crippen LogP contribution is -2.50. The summed E-state index contributed by atoms with van der Waals surface area (Å²) in [5.74, 6) is 0.0755. The zero-order valence-corrected chi connectivity index (χ0v) is 18.0. The minimum Gasteiger partial charge on any atom is -0.340 e. The lowest BCUT2D eigenvalue weighted by atomic mass is 9.75. The highest BCUT2D eigenvalue weighted by molar-refractivity contribution is 6.10. The molecule has 1 unspecified atom stereocenters. The summed E-state index contributed by atoms with van der Waals surface area (Å²) in [7, 11) is 2.05. The van der Waals surface area contributed by atoms with Crippen LogP contribution in [0.5, 0.6) is 0 Å². The largest absolute Gasteiger partial charge is 0.340 e. The van der Waals surface area contributed by atoms with Crippen LogP contribution < -0.4 is 0 Å². The Bertz CT molecular complexity index is 782. The van der Waals surface area contributed by atoms with Gasteiger partial charge in [-0.2, -0.15) is 0 Å². The van der Waals surface area contributed by atoms with Crippen LogP contribution in [-0.2, 0) is 19.8 Å². The van der Waals surface area contributed by atoms with Gasteiger partial charge in [0.15, 0.2) is 0 Å². The number of carbonyl (C=O) groups excluding carboxylic acids is 3. The van der Waals surface area contributed by atoms with E-state index in [9.17, 15) is 14.4 Å². The van der Waals surface area contributed by atoms with Crippen molar-refractivity contribution in [2.24, 2.45) is 5.92 Å². The molecular weight excluding hydrogens is 378 g/mol. The molecule has 162 valence electrons. The zero-order chi connectivity index (χ0) is 21.1. The van der Waals surface area contributed by atoms with E-state index in [1.54, 1.807) is 0 Å². The van der Waals surface area contributed by atoms with Crippen LogP contribution in [0.15, 0.2) is 30.3 Å². The van der Waals surface area contributed by atoms with Gasteiger partial charge in [-0.3, -0.25) is 19.3 Å². The molecule has 3 fully saturated rings. The van der Waals surface area contributed by atoms with Gasteiger partial charge in [0, 0.05) is 45.6 Å². The molecule has 0 spiro atoms. The predicted molar refractivity (Wildman–Crippen MR) is 115 cm³/mol. The van der Waals surface area contributed by atoms with Crippen LogP contribution in [0.1, 0.15) is 50.5 Å². The van der Waals surface area contributed by atoms with E-state index >= 15 is 0 Å². The van der Waals surface area contributed by atoms with Crippen molar-refractivity contribution in [2.75, 3.05) is 39.8 Å². The van der Waals surface area contributed by atoms with Crippen molar-refractivity contribution < 1.29 is 14.4 Å². The summed E-state index contributed by atoms with van der Waals surface area (Å²) in [5.41, 5.74) is -0.273. The van der Waals surface area contributed by atoms with Gasteiger partial charge in [0.2, 0.25) is 17.7 Å². The molecule has 30 heavy (non-hydrogen) atoms. The third-order valence-corrected chi connectivity index (χ3v) is 7.21. The number of hydrogen-bond acceptors (Lipinski definition) is 4. The summed E-state index contributed by atoms with van der Waals surface area (Å²) in [6.07, 6.45) is 5.92. The van der Waals surface area contributed by atoms with Crippen LogP contribution in [0.2, 0.25) is 0 Å². The van der Waals surface area contributed by atoms with E-state index < -0.39 is 5.41 Å². The van der Waals surface area contributed by atoms with Crippen molar-refractivity contribution in [2.45, 2.75) is 50.4 Å². The highest BCUT2D eigenvalue weighted by atomic mass is 16.2. The standard InChI is InChI=1S/C24H33N3O3/c1-25-12-14-26(15-13-25)21(28)16-24(20-10-6-3-7-11-20)17-22(29)27(23(24)30)18-19-8-4-2-5-9-19/h3,6-7,10-11,19H,2,4-5,8-9,12-18H2,1H3. The molecule has 1 saturated carbocycles. The Morgan fingerprint density at radius 1 is 1.00 bits per heavy atom. The summed E-state index contributed by atoms with van der Waals surface area (Å²) in [6.45, 7) is 3.53. The summed E-state index contributed by atoms with van der Waals surface area (Å²) in [4.78, 5) is 45.5. The monoisotopic (exact) mass is 411 g/mol. The van der Waals surface area contributed by atoms with Crippen LogP contribution in [0, 0.1) is 5.92 Å². The molecular formula is C24H33N3O3. The van der Waals surface area contributed by atoms with E-state index in [2.05, 4.69) is 11.9 Å². The number of imide groups is 1. The third kappa shape index (κ3) is 4.15. The summed E-state index contributed by atoms with van der Waals surface area (Å²) >= 11 is 0. The Morgan fingerprint density at radius 2 is 1.67 bits per heavy atom. The molecule has 1 aliphatic carbocycles. The second kappa shape index (κ2) is 8.88. The molecule has 0 radical (unpaired) electrons. The number of rotatable bonds is 5. The normalized spacial score (nSPS) is 26.4. The number of piperazine rings is 1. The second-order valence-corrected chi connectivity index (χ2v) is 9.30. The summed E-state index contributed by atoms with van der Waals surface area (Å²) < 4.78 is 0. The molecule has 1 atom stereocenters. The molecule has 3 amide bonds. The van der Waals surface area contributed by atoms with Crippen molar-refractivity contribution in [1.82, 2.24) is 14.7 Å². The van der Waals surface area contributed by atoms with Crippen LogP contribution in [-0.4, -0.2) is 72.2 Å². The highest BCUT2D eigenvalue weighted by Gasteiger charge is 2.54. The smallest absolute Gasteiger partial charge is 0.240 e. The van der Waals surface area contributed by atoms with Crippen LogP contribution in [0.3, 0.4) is 0 Å². The van der Waals surface area contributed by atoms with Crippen molar-refractivity contribution in [3.63, 3.8) is 0 Å². The third-order valence-electron chi connectivity index (χ3n) is 7.21. The second-order valence-electron chi connectivity index (χ2n) is 9.30.